The fraction of sp³-hybridized carbons (Fsp3) is 0.179. The van der Waals surface area contributed by atoms with Crippen molar-refractivity contribution in [2.75, 3.05) is 7.11 Å². The highest BCUT2D eigenvalue weighted by Gasteiger charge is 2.63. The van der Waals surface area contributed by atoms with Crippen molar-refractivity contribution in [1.82, 2.24) is 13.9 Å². The molecule has 2 aliphatic carbocycles. The maximum absolute atomic E-state index is 15.1. The molecule has 244 valence electrons. The van der Waals surface area contributed by atoms with Crippen LogP contribution in [0.3, 0.4) is 0 Å². The van der Waals surface area contributed by atoms with E-state index in [1.165, 1.54) is 22.5 Å². The van der Waals surface area contributed by atoms with Gasteiger partial charge in [-0.2, -0.15) is 0 Å². The second-order valence-electron chi connectivity index (χ2n) is 12.5. The molecule has 49 heavy (non-hydrogen) atoms. The second-order valence-corrected chi connectivity index (χ2v) is 13.7. The Kier molecular flexibility index (Phi) is 7.43. The minimum atomic E-state index is -1.40. The van der Waals surface area contributed by atoms with Gasteiger partial charge in [0.2, 0.25) is 0 Å². The number of hydrogen-bond acceptors (Lipinski definition) is 6. The lowest BCUT2D eigenvalue weighted by Crippen LogP contribution is -2.58. The van der Waals surface area contributed by atoms with Crippen LogP contribution >= 0.6 is 22.6 Å². The normalized spacial score (nSPS) is 22.8. The highest BCUT2D eigenvalue weighted by Crippen LogP contribution is 2.61. The van der Waals surface area contributed by atoms with Crippen LogP contribution in [0.1, 0.15) is 35.1 Å². The molecule has 10 heteroatoms. The molecule has 1 N–H and O–H groups in total. The second kappa shape index (κ2) is 11.7. The van der Waals surface area contributed by atoms with E-state index in [0.717, 1.165) is 10.1 Å². The lowest BCUT2D eigenvalue weighted by molar-refractivity contribution is -0.133. The third kappa shape index (κ3) is 4.49. The third-order valence-corrected chi connectivity index (χ3v) is 11.1. The van der Waals surface area contributed by atoms with E-state index in [1.54, 1.807) is 30.3 Å². The molecule has 0 radical (unpaired) electrons. The number of allylic oxidation sites excluding steroid dienone is 4. The van der Waals surface area contributed by atoms with Crippen LogP contribution < -0.4 is 16.1 Å². The van der Waals surface area contributed by atoms with Crippen molar-refractivity contribution in [1.29, 1.82) is 0 Å². The average molecular weight is 764 g/mol. The fourth-order valence-electron chi connectivity index (χ4n) is 8.23. The SMILES string of the molecule is COc1cc([C@H]2C3=CCn4c(=O)n(-c5ccccc5)c(=O)n4[C@@H]3C[C@H]3C(=O)C(c4ccccc4)=CC(=O)[C@@]23c2ccccc2)cc(I)c1O. The van der Waals surface area contributed by atoms with Gasteiger partial charge in [-0.3, -0.25) is 9.59 Å². The Balaban J connectivity index is 1.44. The largest absolute Gasteiger partial charge is 0.504 e. The van der Waals surface area contributed by atoms with E-state index in [4.69, 9.17) is 4.74 Å². The molecule has 2 heterocycles. The Morgan fingerprint density at radius 3 is 2.18 bits per heavy atom. The van der Waals surface area contributed by atoms with Gasteiger partial charge in [0, 0.05) is 17.4 Å². The first-order valence-electron chi connectivity index (χ1n) is 15.9. The van der Waals surface area contributed by atoms with E-state index in [9.17, 15) is 14.7 Å². The molecule has 1 saturated carbocycles. The summed E-state index contributed by atoms with van der Waals surface area (Å²) in [5.41, 5.74) is 1.03. The van der Waals surface area contributed by atoms with E-state index >= 15 is 9.59 Å². The summed E-state index contributed by atoms with van der Waals surface area (Å²) < 4.78 is 10.1. The number of benzene rings is 4. The number of hydrogen-bond donors (Lipinski definition) is 1. The summed E-state index contributed by atoms with van der Waals surface area (Å²) in [6.07, 6.45) is 3.51. The molecule has 1 aromatic heterocycles. The number of carbonyl (C=O) groups excluding carboxylic acids is 2. The monoisotopic (exact) mass is 763 g/mol. The van der Waals surface area contributed by atoms with Gasteiger partial charge in [0.15, 0.2) is 23.1 Å². The quantitative estimate of drug-likeness (QED) is 0.185. The van der Waals surface area contributed by atoms with Gasteiger partial charge in [-0.15, -0.1) is 0 Å². The molecule has 9 nitrogen and oxygen atoms in total. The standard InChI is InChI=1S/C39H30IN3O6/c1-49-32-20-24(19-30(40)36(32)46)34-27-17-18-41-37(47)42(26-15-9-4-10-16-26)38(48)43(41)31(27)22-29-35(45)28(23-11-5-2-6-12-23)21-33(44)39(29,34)25-13-7-3-8-14-25/h2-17,19-21,29,31,34,46H,18,22H2,1H3/t29-,31+,34-,39-/m0/s1. The van der Waals surface area contributed by atoms with Crippen molar-refractivity contribution in [2.24, 2.45) is 5.92 Å². The lowest BCUT2D eigenvalue weighted by atomic mass is 9.47. The number of Topliss-reactive ketones (excluding diaryl/α,β-unsaturated/α-hetero) is 1. The van der Waals surface area contributed by atoms with E-state index in [-0.39, 0.29) is 36.0 Å². The number of methoxy groups -OCH3 is 1. The van der Waals surface area contributed by atoms with Crippen LogP contribution in [-0.4, -0.2) is 37.7 Å². The molecule has 4 aromatic carbocycles. The van der Waals surface area contributed by atoms with Crippen LogP contribution in [0, 0.1) is 9.49 Å². The zero-order valence-corrected chi connectivity index (χ0v) is 28.5. The topological polar surface area (TPSA) is 113 Å². The lowest BCUT2D eigenvalue weighted by Gasteiger charge is -2.54. The minimum absolute atomic E-state index is 0.0375. The van der Waals surface area contributed by atoms with Gasteiger partial charge in [-0.25, -0.2) is 23.5 Å². The Labute approximate surface area is 294 Å². The van der Waals surface area contributed by atoms with Crippen LogP contribution in [-0.2, 0) is 21.5 Å². The summed E-state index contributed by atoms with van der Waals surface area (Å²) in [4.78, 5) is 58.3. The van der Waals surface area contributed by atoms with Crippen LogP contribution in [0.2, 0.25) is 0 Å². The Morgan fingerprint density at radius 2 is 1.51 bits per heavy atom. The Morgan fingerprint density at radius 1 is 0.857 bits per heavy atom. The molecule has 0 amide bonds. The van der Waals surface area contributed by atoms with Crippen LogP contribution in [0.5, 0.6) is 11.5 Å². The number of halogens is 1. The van der Waals surface area contributed by atoms with Crippen molar-refractivity contribution in [2.45, 2.75) is 30.3 Å². The first-order valence-corrected chi connectivity index (χ1v) is 17.0. The minimum Gasteiger partial charge on any atom is -0.504 e. The van der Waals surface area contributed by atoms with Crippen LogP contribution in [0.15, 0.2) is 130 Å². The van der Waals surface area contributed by atoms with Crippen LogP contribution in [0.4, 0.5) is 0 Å². The number of ether oxygens (including phenoxy) is 1. The Bertz CT molecular complexity index is 2340. The molecule has 3 aliphatic rings. The number of phenols is 1. The van der Waals surface area contributed by atoms with Gasteiger partial charge in [0.1, 0.15) is 0 Å². The third-order valence-electron chi connectivity index (χ3n) is 10.3. The summed E-state index contributed by atoms with van der Waals surface area (Å²) in [5, 5.41) is 10.9. The molecule has 0 bridgehead atoms. The molecule has 8 rings (SSSR count). The molecule has 1 fully saturated rings. The summed E-state index contributed by atoms with van der Waals surface area (Å²) in [5.74, 6) is -1.94. The van der Waals surface area contributed by atoms with Crippen LogP contribution in [0.25, 0.3) is 11.3 Å². The molecule has 0 unspecified atom stereocenters. The van der Waals surface area contributed by atoms with Gasteiger partial charge in [-0.1, -0.05) is 84.9 Å². The summed E-state index contributed by atoms with van der Waals surface area (Å²) in [7, 11) is 1.46. The molecule has 0 saturated heterocycles. The van der Waals surface area contributed by atoms with Gasteiger partial charge in [-0.05, 0) is 81.6 Å². The molecule has 1 aliphatic heterocycles. The van der Waals surface area contributed by atoms with Crippen molar-refractivity contribution in [3.05, 3.63) is 162 Å². The number of aromatic nitrogens is 3. The first kappa shape index (κ1) is 31.1. The van der Waals surface area contributed by atoms with Crippen molar-refractivity contribution in [3.8, 4) is 17.2 Å². The number of phenolic OH excluding ortho intramolecular Hbond substituents is 1. The van der Waals surface area contributed by atoms with Gasteiger partial charge in [0.25, 0.3) is 0 Å². The molecular formula is C39H30IN3O6. The smallest absolute Gasteiger partial charge is 0.352 e. The van der Waals surface area contributed by atoms with E-state index < -0.39 is 34.7 Å². The zero-order valence-electron chi connectivity index (χ0n) is 26.3. The van der Waals surface area contributed by atoms with E-state index in [1.807, 2.05) is 101 Å². The van der Waals surface area contributed by atoms with Crippen molar-refractivity contribution in [3.63, 3.8) is 0 Å². The first-order chi connectivity index (χ1) is 23.8. The number of ketones is 2. The number of rotatable bonds is 5. The van der Waals surface area contributed by atoms with E-state index in [2.05, 4.69) is 0 Å². The van der Waals surface area contributed by atoms with E-state index in [0.29, 0.717) is 31.5 Å². The summed E-state index contributed by atoms with van der Waals surface area (Å²) in [6.45, 7) is 0.0886. The number of nitrogens with zero attached hydrogens (tertiary/aromatic N) is 3. The fourth-order valence-corrected chi connectivity index (χ4v) is 8.85. The predicted octanol–water partition coefficient (Wildman–Crippen LogP) is 5.58. The van der Waals surface area contributed by atoms with Gasteiger partial charge < -0.3 is 9.84 Å². The number of carbonyl (C=O) groups is 2. The molecule has 0 spiro atoms. The highest BCUT2D eigenvalue weighted by molar-refractivity contribution is 14.1. The number of para-hydroxylation sites is 1. The molecule has 5 aromatic rings. The van der Waals surface area contributed by atoms with Gasteiger partial charge in [0.05, 0.1) is 34.4 Å². The van der Waals surface area contributed by atoms with Crippen molar-refractivity contribution < 1.29 is 19.4 Å². The van der Waals surface area contributed by atoms with Crippen molar-refractivity contribution >= 4 is 39.7 Å². The number of fused-ring (bicyclic) bond motifs is 4. The maximum atomic E-state index is 15.1. The average Bonchev–Trinajstić information content (AvgIpc) is 3.40. The molecule has 4 atom stereocenters. The highest BCUT2D eigenvalue weighted by atomic mass is 127. The van der Waals surface area contributed by atoms with Gasteiger partial charge >= 0.3 is 11.4 Å². The Hall–Kier alpha value is -5.23. The summed E-state index contributed by atoms with van der Waals surface area (Å²) >= 11 is 2.03. The zero-order chi connectivity index (χ0) is 34.0. The predicted molar refractivity (Wildman–Crippen MR) is 192 cm³/mol. The summed E-state index contributed by atoms with van der Waals surface area (Å²) in [6, 6.07) is 30.0. The maximum Gasteiger partial charge on any atom is 0.352 e. The number of aromatic hydroxyl groups is 1. The molecular weight excluding hydrogens is 733 g/mol.